The minimum atomic E-state index is -0.750. The molecular weight excluding hydrogens is 1080 g/mol. The lowest BCUT2D eigenvalue weighted by atomic mass is 9.86. The van der Waals surface area contributed by atoms with E-state index in [1.807, 2.05) is 12.1 Å². The maximum absolute atomic E-state index is 7.21. The highest BCUT2D eigenvalue weighted by Gasteiger charge is 2.26. The van der Waals surface area contributed by atoms with Crippen molar-refractivity contribution >= 4 is 126 Å². The Morgan fingerprint density at radius 1 is 0.278 bits per heavy atom. The van der Waals surface area contributed by atoms with Crippen molar-refractivity contribution in [2.45, 2.75) is 26.1 Å². The maximum Gasteiger partial charge on any atom is 0.180 e. The highest BCUT2D eigenvalue weighted by atomic mass is 35.6. The summed E-state index contributed by atoms with van der Waals surface area (Å²) in [4.78, 5) is 0. The van der Waals surface area contributed by atoms with Crippen molar-refractivity contribution in [1.29, 1.82) is 0 Å². The third-order valence-electron chi connectivity index (χ3n) is 11.3. The smallest absolute Gasteiger partial charge is 0.180 e. The molecule has 0 aliphatic heterocycles. The third kappa shape index (κ3) is 15.5. The molecule has 0 aromatic heterocycles. The number of rotatable bonds is 11. The Balaban J connectivity index is 0.000000574. The van der Waals surface area contributed by atoms with Gasteiger partial charge in [0.2, 0.25) is 0 Å². The third-order valence-corrected chi connectivity index (χ3v) is 11.3. The van der Waals surface area contributed by atoms with Crippen LogP contribution in [0.15, 0.2) is 231 Å². The second-order valence-electron chi connectivity index (χ2n) is 15.9. The van der Waals surface area contributed by atoms with E-state index in [-0.39, 0.29) is 0 Å². The van der Waals surface area contributed by atoms with Crippen LogP contribution in [-0.2, 0) is 13.2 Å². The van der Waals surface area contributed by atoms with E-state index in [4.69, 9.17) is 114 Å². The number of halogens is 9. The standard InChI is InChI=1S/C58H42O2.3CHCl3/c1-5-17-41(18-6-1)39-59-57-53(47-33-29-45(30-34-47)43-21-9-3-10-22-43)37-49-25-13-15-27-51(49)55(57)56-52-28-16-14-26-50(52)38-54(58(56)60-40-42-19-7-2-8-20-42)48-35-31-46(32-36-48)44-23-11-4-12-24-44;3*2-1(3)4/h1-38H,39-40H2;3*1H. The summed E-state index contributed by atoms with van der Waals surface area (Å²) in [6.07, 6.45) is 0. The number of ether oxygens (including phenoxy) is 2. The summed E-state index contributed by atoms with van der Waals surface area (Å²) in [6, 6.07) is 81.6. The maximum atomic E-state index is 7.21. The summed E-state index contributed by atoms with van der Waals surface area (Å²) in [7, 11) is 0. The summed E-state index contributed by atoms with van der Waals surface area (Å²) >= 11 is 43.3. The average molecular weight is 1130 g/mol. The Morgan fingerprint density at radius 2 is 0.528 bits per heavy atom. The van der Waals surface area contributed by atoms with Crippen LogP contribution < -0.4 is 9.47 Å². The molecule has 10 aromatic carbocycles. The van der Waals surface area contributed by atoms with Gasteiger partial charge in [0.05, 0.1) is 0 Å². The fourth-order valence-electron chi connectivity index (χ4n) is 8.29. The van der Waals surface area contributed by atoms with Crippen LogP contribution in [0, 0.1) is 0 Å². The first kappa shape index (κ1) is 54.7. The molecule has 0 N–H and O–H groups in total. The van der Waals surface area contributed by atoms with Crippen molar-refractivity contribution in [3.8, 4) is 67.1 Å². The van der Waals surface area contributed by atoms with Gasteiger partial charge in [0.25, 0.3) is 0 Å². The fraction of sp³-hybridized carbons (Fsp3) is 0.0820. The van der Waals surface area contributed by atoms with E-state index in [1.165, 1.54) is 22.3 Å². The molecule has 364 valence electrons. The first-order chi connectivity index (χ1) is 35.0. The molecule has 0 spiro atoms. The number of fused-ring (bicyclic) bond motifs is 2. The normalized spacial score (nSPS) is 10.8. The van der Waals surface area contributed by atoms with E-state index in [2.05, 4.69) is 218 Å². The Labute approximate surface area is 466 Å². The summed E-state index contributed by atoms with van der Waals surface area (Å²) in [6.45, 7) is 0.806. The summed E-state index contributed by atoms with van der Waals surface area (Å²) in [5.41, 5.74) is 13.1. The van der Waals surface area contributed by atoms with Crippen LogP contribution in [0.25, 0.3) is 77.2 Å². The first-order valence-electron chi connectivity index (χ1n) is 22.5. The minimum absolute atomic E-state index is 0.403. The molecular formula is C61H45Cl9O2. The van der Waals surface area contributed by atoms with Gasteiger partial charge in [0.1, 0.15) is 24.7 Å². The number of hydrogen-bond acceptors (Lipinski definition) is 2. The lowest BCUT2D eigenvalue weighted by Gasteiger charge is -2.24. The molecule has 0 radical (unpaired) electrons. The molecule has 10 aromatic rings. The molecule has 0 atom stereocenters. The van der Waals surface area contributed by atoms with Crippen LogP contribution in [0.1, 0.15) is 11.1 Å². The second-order valence-corrected chi connectivity index (χ2v) is 21.8. The molecule has 0 bridgehead atoms. The molecule has 10 rings (SSSR count). The van der Waals surface area contributed by atoms with Gasteiger partial charge in [-0.1, -0.05) is 323 Å². The van der Waals surface area contributed by atoms with Gasteiger partial charge in [-0.15, -0.1) is 0 Å². The van der Waals surface area contributed by atoms with Gasteiger partial charge in [0.15, 0.2) is 12.9 Å². The van der Waals surface area contributed by atoms with E-state index < -0.39 is 12.9 Å². The molecule has 0 unspecified atom stereocenters. The molecule has 2 nitrogen and oxygen atoms in total. The van der Waals surface area contributed by atoms with Gasteiger partial charge >= 0.3 is 0 Å². The van der Waals surface area contributed by atoms with E-state index in [0.29, 0.717) is 13.2 Å². The largest absolute Gasteiger partial charge is 0.488 e. The monoisotopic (exact) mass is 1120 g/mol. The van der Waals surface area contributed by atoms with Gasteiger partial charge in [-0.25, -0.2) is 0 Å². The molecule has 72 heavy (non-hydrogen) atoms. The molecule has 0 fully saturated rings. The number of benzene rings is 10. The van der Waals surface area contributed by atoms with Gasteiger partial charge in [0, 0.05) is 22.3 Å². The van der Waals surface area contributed by atoms with Crippen molar-refractivity contribution in [2.75, 3.05) is 0 Å². The van der Waals surface area contributed by atoms with E-state index >= 15 is 0 Å². The summed E-state index contributed by atoms with van der Waals surface area (Å²) < 4.78 is 12.2. The van der Waals surface area contributed by atoms with Crippen LogP contribution in [-0.4, -0.2) is 12.9 Å². The zero-order valence-corrected chi connectivity index (χ0v) is 45.1. The van der Waals surface area contributed by atoms with Crippen LogP contribution in [0.5, 0.6) is 11.5 Å². The van der Waals surface area contributed by atoms with Crippen LogP contribution >= 0.6 is 104 Å². The van der Waals surface area contributed by atoms with Crippen LogP contribution in [0.3, 0.4) is 0 Å². The molecule has 0 amide bonds. The van der Waals surface area contributed by atoms with Gasteiger partial charge in [-0.3, -0.25) is 0 Å². The van der Waals surface area contributed by atoms with Crippen molar-refractivity contribution in [1.82, 2.24) is 0 Å². The molecule has 0 aliphatic rings. The summed E-state index contributed by atoms with van der Waals surface area (Å²) in [5, 5.41) is 4.43. The highest BCUT2D eigenvalue weighted by molar-refractivity contribution is 6.63. The van der Waals surface area contributed by atoms with Crippen molar-refractivity contribution in [2.24, 2.45) is 0 Å². The molecule has 0 aliphatic carbocycles. The van der Waals surface area contributed by atoms with Crippen molar-refractivity contribution < 1.29 is 9.47 Å². The fourth-order valence-corrected chi connectivity index (χ4v) is 8.29. The molecule has 0 saturated carbocycles. The predicted octanol–water partition coefficient (Wildman–Crippen LogP) is 21.4. The lowest BCUT2D eigenvalue weighted by Crippen LogP contribution is -2.04. The van der Waals surface area contributed by atoms with E-state index in [0.717, 1.165) is 77.6 Å². The van der Waals surface area contributed by atoms with Gasteiger partial charge in [-0.2, -0.15) is 0 Å². The van der Waals surface area contributed by atoms with Crippen molar-refractivity contribution in [3.05, 3.63) is 242 Å². The quantitative estimate of drug-likeness (QED) is 0.120. The Hall–Kier alpha value is -5.07. The average Bonchev–Trinajstić information content (AvgIpc) is 3.40. The van der Waals surface area contributed by atoms with E-state index in [9.17, 15) is 0 Å². The molecule has 0 saturated heterocycles. The predicted molar refractivity (Wildman–Crippen MR) is 314 cm³/mol. The van der Waals surface area contributed by atoms with Crippen LogP contribution in [0.4, 0.5) is 0 Å². The molecule has 11 heteroatoms. The number of hydrogen-bond donors (Lipinski definition) is 0. The van der Waals surface area contributed by atoms with Gasteiger partial charge in [-0.05, 0) is 78.2 Å². The Morgan fingerprint density at radius 3 is 0.847 bits per heavy atom. The highest BCUT2D eigenvalue weighted by Crippen LogP contribution is 2.53. The second kappa shape index (κ2) is 27.8. The lowest BCUT2D eigenvalue weighted by molar-refractivity contribution is 0.305. The number of alkyl halides is 9. The van der Waals surface area contributed by atoms with Crippen molar-refractivity contribution in [3.63, 3.8) is 0 Å². The SMILES string of the molecule is ClC(Cl)Cl.ClC(Cl)Cl.ClC(Cl)Cl.c1ccc(COc2c(-c3ccc(-c4ccccc4)cc3)cc3ccccc3c2-c2c(OCc3ccccc3)c(-c3ccc(-c4ccccc4)cc3)cc3ccccc23)cc1. The zero-order valence-electron chi connectivity index (χ0n) is 38.3. The van der Waals surface area contributed by atoms with E-state index in [1.54, 1.807) is 0 Å². The Kier molecular flexibility index (Phi) is 21.1. The molecule has 0 heterocycles. The van der Waals surface area contributed by atoms with Crippen LogP contribution in [0.2, 0.25) is 0 Å². The van der Waals surface area contributed by atoms with Gasteiger partial charge < -0.3 is 9.47 Å². The summed E-state index contributed by atoms with van der Waals surface area (Å²) in [5.74, 6) is 1.63. The minimum Gasteiger partial charge on any atom is -0.488 e. The Bertz CT molecular complexity index is 3000. The topological polar surface area (TPSA) is 18.5 Å². The first-order valence-corrected chi connectivity index (χ1v) is 26.4. The zero-order chi connectivity index (χ0) is 50.8.